The van der Waals surface area contributed by atoms with Crippen LogP contribution >= 0.6 is 0 Å². The number of rotatable bonds is 1. The second-order valence-electron chi connectivity index (χ2n) is 4.94. The minimum atomic E-state index is -0.605. The third-order valence-electron chi connectivity index (χ3n) is 3.39. The first kappa shape index (κ1) is 13.3. The number of aryl methyl sites for hydroxylation is 1. The molecule has 0 amide bonds. The molecule has 5 nitrogen and oxygen atoms in total. The Bertz CT molecular complexity index is 791. The Morgan fingerprint density at radius 3 is 2.62 bits per heavy atom. The van der Waals surface area contributed by atoms with Crippen molar-refractivity contribution in [3.8, 4) is 0 Å². The molecule has 21 heavy (non-hydrogen) atoms. The molecule has 2 heterocycles. The lowest BCUT2D eigenvalue weighted by Crippen LogP contribution is -2.19. The van der Waals surface area contributed by atoms with Crippen LogP contribution in [-0.2, 0) is 0 Å². The maximum absolute atomic E-state index is 12.4. The predicted octanol–water partition coefficient (Wildman–Crippen LogP) is 2.38. The van der Waals surface area contributed by atoms with Crippen LogP contribution in [0.25, 0.3) is 0 Å². The molecule has 2 aromatic rings. The topological polar surface area (TPSA) is 62.9 Å². The standard InChI is InChI=1S/C16H14N2O3/c1-10-8-13-15(16(20)21-10)14(19)9-12(17-18(13)2)11-6-4-3-5-7-11/h3-8H,9H2,1-2H3. The van der Waals surface area contributed by atoms with Crippen LogP contribution in [0.5, 0.6) is 0 Å². The van der Waals surface area contributed by atoms with Gasteiger partial charge in [0.05, 0.1) is 17.8 Å². The highest BCUT2D eigenvalue weighted by Gasteiger charge is 2.26. The van der Waals surface area contributed by atoms with Crippen LogP contribution in [0.2, 0.25) is 0 Å². The van der Waals surface area contributed by atoms with E-state index in [0.29, 0.717) is 17.2 Å². The summed E-state index contributed by atoms with van der Waals surface area (Å²) < 4.78 is 5.04. The zero-order chi connectivity index (χ0) is 15.0. The molecule has 3 rings (SSSR count). The Kier molecular flexibility index (Phi) is 3.17. The monoisotopic (exact) mass is 282 g/mol. The average Bonchev–Trinajstić information content (AvgIpc) is 2.57. The summed E-state index contributed by atoms with van der Waals surface area (Å²) in [5, 5.41) is 6.03. The lowest BCUT2D eigenvalue weighted by molar-refractivity contribution is 0.0998. The fraction of sp³-hybridized carbons (Fsp3) is 0.188. The maximum atomic E-state index is 12.4. The van der Waals surface area contributed by atoms with Crippen molar-refractivity contribution in [3.63, 3.8) is 0 Å². The first-order valence-electron chi connectivity index (χ1n) is 6.61. The normalized spacial score (nSPS) is 14.5. The van der Waals surface area contributed by atoms with E-state index in [2.05, 4.69) is 5.10 Å². The predicted molar refractivity (Wildman–Crippen MR) is 80.0 cm³/mol. The SMILES string of the molecule is Cc1cc2c(c(=O)o1)C(=O)CC(c1ccccc1)=NN2C. The number of hydrogen-bond acceptors (Lipinski definition) is 5. The molecule has 0 spiro atoms. The van der Waals surface area contributed by atoms with E-state index in [1.54, 1.807) is 25.0 Å². The third-order valence-corrected chi connectivity index (χ3v) is 3.39. The maximum Gasteiger partial charge on any atom is 0.349 e. The van der Waals surface area contributed by atoms with Crippen molar-refractivity contribution in [1.82, 2.24) is 0 Å². The van der Waals surface area contributed by atoms with Gasteiger partial charge in [0.1, 0.15) is 11.3 Å². The summed E-state index contributed by atoms with van der Waals surface area (Å²) in [6.07, 6.45) is 0.0785. The molecule has 1 aromatic heterocycles. The van der Waals surface area contributed by atoms with Crippen LogP contribution < -0.4 is 10.6 Å². The fourth-order valence-corrected chi connectivity index (χ4v) is 2.41. The summed E-state index contributed by atoms with van der Waals surface area (Å²) in [7, 11) is 1.72. The lowest BCUT2D eigenvalue weighted by Gasteiger charge is -2.14. The molecule has 106 valence electrons. The van der Waals surface area contributed by atoms with Gasteiger partial charge < -0.3 is 4.42 Å². The van der Waals surface area contributed by atoms with Gasteiger partial charge in [-0.3, -0.25) is 9.80 Å². The summed E-state index contributed by atoms with van der Waals surface area (Å²) in [4.78, 5) is 24.4. The molecule has 0 N–H and O–H groups in total. The largest absolute Gasteiger partial charge is 0.428 e. The molecule has 0 fully saturated rings. The Balaban J connectivity index is 2.15. The Morgan fingerprint density at radius 2 is 1.90 bits per heavy atom. The zero-order valence-electron chi connectivity index (χ0n) is 11.8. The van der Waals surface area contributed by atoms with Gasteiger partial charge in [-0.15, -0.1) is 0 Å². The molecular weight excluding hydrogens is 268 g/mol. The molecule has 0 aliphatic carbocycles. The van der Waals surface area contributed by atoms with Gasteiger partial charge >= 0.3 is 5.63 Å². The molecule has 0 saturated carbocycles. The summed E-state index contributed by atoms with van der Waals surface area (Å²) in [6.45, 7) is 1.67. The van der Waals surface area contributed by atoms with E-state index in [1.807, 2.05) is 30.3 Å². The number of nitrogens with zero attached hydrogens (tertiary/aromatic N) is 2. The highest BCUT2D eigenvalue weighted by molar-refractivity contribution is 6.18. The highest BCUT2D eigenvalue weighted by atomic mass is 16.4. The van der Waals surface area contributed by atoms with E-state index >= 15 is 0 Å². The van der Waals surface area contributed by atoms with E-state index in [0.717, 1.165) is 5.56 Å². The summed E-state index contributed by atoms with van der Waals surface area (Å²) >= 11 is 0. The van der Waals surface area contributed by atoms with Crippen LogP contribution in [0.4, 0.5) is 5.69 Å². The zero-order valence-corrected chi connectivity index (χ0v) is 11.8. The van der Waals surface area contributed by atoms with Crippen molar-refractivity contribution in [2.45, 2.75) is 13.3 Å². The Morgan fingerprint density at radius 1 is 1.19 bits per heavy atom. The lowest BCUT2D eigenvalue weighted by atomic mass is 10.0. The quantitative estimate of drug-likeness (QED) is 0.805. The van der Waals surface area contributed by atoms with Crippen LogP contribution in [0.15, 0.2) is 50.7 Å². The highest BCUT2D eigenvalue weighted by Crippen LogP contribution is 2.24. The van der Waals surface area contributed by atoms with Gasteiger partial charge in [0.2, 0.25) is 0 Å². The van der Waals surface area contributed by atoms with E-state index < -0.39 is 5.63 Å². The van der Waals surface area contributed by atoms with Gasteiger partial charge in [-0.1, -0.05) is 30.3 Å². The van der Waals surface area contributed by atoms with Crippen molar-refractivity contribution in [2.75, 3.05) is 12.1 Å². The van der Waals surface area contributed by atoms with Gasteiger partial charge in [-0.25, -0.2) is 4.79 Å². The number of hydrogen-bond donors (Lipinski definition) is 0. The number of benzene rings is 1. The molecule has 0 bridgehead atoms. The van der Waals surface area contributed by atoms with Gasteiger partial charge in [-0.05, 0) is 12.5 Å². The molecule has 0 radical (unpaired) electrons. The van der Waals surface area contributed by atoms with E-state index in [1.165, 1.54) is 0 Å². The van der Waals surface area contributed by atoms with Gasteiger partial charge in [0, 0.05) is 13.1 Å². The van der Waals surface area contributed by atoms with Crippen LogP contribution in [0.1, 0.15) is 28.1 Å². The molecule has 0 atom stereocenters. The third kappa shape index (κ3) is 2.38. The van der Waals surface area contributed by atoms with Gasteiger partial charge in [0.15, 0.2) is 5.78 Å². The minimum Gasteiger partial charge on any atom is -0.428 e. The number of fused-ring (bicyclic) bond motifs is 1. The summed E-state index contributed by atoms with van der Waals surface area (Å²) in [5.74, 6) is 0.183. The molecule has 0 saturated heterocycles. The van der Waals surface area contributed by atoms with Crippen molar-refractivity contribution in [3.05, 3.63) is 63.7 Å². The molecular formula is C16H14N2O3. The number of Topliss-reactive ketones (excluding diaryl/α,β-unsaturated/α-hetero) is 1. The number of carbonyl (C=O) groups is 1. The smallest absolute Gasteiger partial charge is 0.349 e. The van der Waals surface area contributed by atoms with Crippen molar-refractivity contribution < 1.29 is 9.21 Å². The van der Waals surface area contributed by atoms with E-state index in [9.17, 15) is 9.59 Å². The second-order valence-corrected chi connectivity index (χ2v) is 4.94. The number of hydrazone groups is 1. The fourth-order valence-electron chi connectivity index (χ4n) is 2.41. The van der Waals surface area contributed by atoms with E-state index in [4.69, 9.17) is 4.42 Å². The summed E-state index contributed by atoms with van der Waals surface area (Å²) in [6, 6.07) is 11.1. The average molecular weight is 282 g/mol. The van der Waals surface area contributed by atoms with E-state index in [-0.39, 0.29) is 17.8 Å². The van der Waals surface area contributed by atoms with Crippen LogP contribution in [0, 0.1) is 6.92 Å². The number of anilines is 1. The molecule has 1 aliphatic rings. The van der Waals surface area contributed by atoms with Crippen molar-refractivity contribution >= 4 is 17.2 Å². The summed E-state index contributed by atoms with van der Waals surface area (Å²) in [5.41, 5.74) is 1.45. The van der Waals surface area contributed by atoms with Gasteiger partial charge in [-0.2, -0.15) is 5.10 Å². The van der Waals surface area contributed by atoms with Crippen molar-refractivity contribution in [2.24, 2.45) is 5.10 Å². The van der Waals surface area contributed by atoms with Crippen LogP contribution in [-0.4, -0.2) is 18.5 Å². The van der Waals surface area contributed by atoms with Crippen molar-refractivity contribution in [1.29, 1.82) is 0 Å². The second kappa shape index (κ2) is 5.01. The number of ketones is 1. The molecule has 1 aromatic carbocycles. The number of carbonyl (C=O) groups excluding carboxylic acids is 1. The molecule has 5 heteroatoms. The van der Waals surface area contributed by atoms with Gasteiger partial charge in [0.25, 0.3) is 0 Å². The minimum absolute atomic E-state index is 0.0674. The first-order chi connectivity index (χ1) is 10.1. The first-order valence-corrected chi connectivity index (χ1v) is 6.61. The Hall–Kier alpha value is -2.69. The van der Waals surface area contributed by atoms with Crippen LogP contribution in [0.3, 0.4) is 0 Å². The molecule has 1 aliphatic heterocycles. The molecule has 0 unspecified atom stereocenters. The Labute approximate surface area is 121 Å².